The van der Waals surface area contributed by atoms with Gasteiger partial charge in [-0.05, 0) is 38.5 Å². The lowest BCUT2D eigenvalue weighted by atomic mass is 10.1. The smallest absolute Gasteiger partial charge is 0.408 e. The summed E-state index contributed by atoms with van der Waals surface area (Å²) in [6, 6.07) is 7.28. The number of hydrogen-bond acceptors (Lipinski definition) is 2. The minimum absolute atomic E-state index is 0.351. The van der Waals surface area contributed by atoms with Crippen molar-refractivity contribution in [2.45, 2.75) is 32.9 Å². The van der Waals surface area contributed by atoms with E-state index in [-0.39, 0.29) is 0 Å². The molecule has 88 valence electrons. The first-order chi connectivity index (χ1) is 7.30. The molecule has 4 nitrogen and oxygen atoms in total. The third-order valence-corrected chi connectivity index (χ3v) is 2.33. The van der Waals surface area contributed by atoms with E-state index in [4.69, 9.17) is 10.8 Å². The second kappa shape index (κ2) is 4.43. The lowest BCUT2D eigenvalue weighted by molar-refractivity contribution is 0.0956. The van der Waals surface area contributed by atoms with E-state index in [0.717, 1.165) is 5.56 Å². The zero-order chi connectivity index (χ0) is 12.3. The van der Waals surface area contributed by atoms with Crippen molar-refractivity contribution in [1.82, 2.24) is 4.90 Å². The van der Waals surface area contributed by atoms with E-state index in [1.54, 1.807) is 12.1 Å². The van der Waals surface area contributed by atoms with Crippen LogP contribution in [0.5, 0.6) is 0 Å². The maximum Gasteiger partial charge on any atom is 0.408 e. The quantitative estimate of drug-likeness (QED) is 0.756. The summed E-state index contributed by atoms with van der Waals surface area (Å²) < 4.78 is 0. The van der Waals surface area contributed by atoms with Crippen LogP contribution in [0.4, 0.5) is 10.5 Å². The van der Waals surface area contributed by atoms with Crippen LogP contribution < -0.4 is 5.73 Å². The Balaban J connectivity index is 2.89. The molecule has 3 N–H and O–H groups in total. The van der Waals surface area contributed by atoms with Gasteiger partial charge >= 0.3 is 6.09 Å². The van der Waals surface area contributed by atoms with Gasteiger partial charge in [0.05, 0.1) is 0 Å². The van der Waals surface area contributed by atoms with E-state index in [1.807, 2.05) is 32.9 Å². The number of carboxylic acid groups (broad SMARTS) is 1. The molecule has 16 heavy (non-hydrogen) atoms. The summed E-state index contributed by atoms with van der Waals surface area (Å²) in [5.41, 5.74) is 6.78. The lowest BCUT2D eigenvalue weighted by Gasteiger charge is -2.33. The van der Waals surface area contributed by atoms with E-state index in [2.05, 4.69) is 0 Å². The Bertz CT molecular complexity index is 383. The first-order valence-electron chi connectivity index (χ1n) is 5.15. The molecule has 0 atom stereocenters. The number of amides is 1. The Kier molecular flexibility index (Phi) is 3.42. The first-order valence-corrected chi connectivity index (χ1v) is 5.15. The van der Waals surface area contributed by atoms with Crippen LogP contribution in [0.25, 0.3) is 0 Å². The molecule has 1 aromatic carbocycles. The molecule has 1 amide bonds. The predicted molar refractivity (Wildman–Crippen MR) is 64.2 cm³/mol. The van der Waals surface area contributed by atoms with E-state index in [1.165, 1.54) is 4.90 Å². The average molecular weight is 222 g/mol. The van der Waals surface area contributed by atoms with Gasteiger partial charge in [-0.15, -0.1) is 0 Å². The van der Waals surface area contributed by atoms with Crippen molar-refractivity contribution >= 4 is 11.8 Å². The molecule has 0 bridgehead atoms. The Morgan fingerprint density at radius 2 is 2.06 bits per heavy atom. The fourth-order valence-electron chi connectivity index (χ4n) is 1.47. The highest BCUT2D eigenvalue weighted by Crippen LogP contribution is 2.18. The van der Waals surface area contributed by atoms with Crippen LogP contribution >= 0.6 is 0 Å². The number of benzene rings is 1. The normalized spacial score (nSPS) is 11.2. The van der Waals surface area contributed by atoms with E-state index < -0.39 is 11.6 Å². The zero-order valence-electron chi connectivity index (χ0n) is 9.90. The van der Waals surface area contributed by atoms with Crippen molar-refractivity contribution in [3.63, 3.8) is 0 Å². The largest absolute Gasteiger partial charge is 0.465 e. The molecule has 0 aliphatic rings. The molecule has 0 aliphatic carbocycles. The highest BCUT2D eigenvalue weighted by atomic mass is 16.4. The minimum atomic E-state index is -0.921. The maximum absolute atomic E-state index is 11.1. The van der Waals surface area contributed by atoms with Gasteiger partial charge in [-0.3, -0.25) is 4.90 Å². The van der Waals surface area contributed by atoms with Gasteiger partial charge in [-0.1, -0.05) is 12.1 Å². The lowest BCUT2D eigenvalue weighted by Crippen LogP contribution is -2.44. The number of carbonyl (C=O) groups is 1. The molecule has 1 aromatic rings. The third-order valence-electron chi connectivity index (χ3n) is 2.33. The van der Waals surface area contributed by atoms with Crippen LogP contribution in [0.15, 0.2) is 24.3 Å². The molecule has 0 heterocycles. The van der Waals surface area contributed by atoms with E-state index in [9.17, 15) is 4.79 Å². The third kappa shape index (κ3) is 3.15. The molecule has 0 aliphatic heterocycles. The fraction of sp³-hybridized carbons (Fsp3) is 0.417. The van der Waals surface area contributed by atoms with Gasteiger partial charge in [-0.2, -0.15) is 0 Å². The molecule has 0 radical (unpaired) electrons. The summed E-state index contributed by atoms with van der Waals surface area (Å²) in [6.45, 7) is 5.96. The molecule has 0 aromatic heterocycles. The summed E-state index contributed by atoms with van der Waals surface area (Å²) in [4.78, 5) is 12.5. The highest BCUT2D eigenvalue weighted by molar-refractivity contribution is 5.66. The molecule has 0 saturated carbocycles. The van der Waals surface area contributed by atoms with Crippen molar-refractivity contribution in [2.24, 2.45) is 0 Å². The summed E-state index contributed by atoms with van der Waals surface area (Å²) in [5.74, 6) is 0. The second-order valence-corrected chi connectivity index (χ2v) is 4.78. The predicted octanol–water partition coefficient (Wildman–Crippen LogP) is 2.55. The Morgan fingerprint density at radius 1 is 1.44 bits per heavy atom. The number of nitrogen functional groups attached to an aromatic ring is 1. The van der Waals surface area contributed by atoms with Gasteiger partial charge < -0.3 is 10.8 Å². The summed E-state index contributed by atoms with van der Waals surface area (Å²) in [7, 11) is 0. The fourth-order valence-corrected chi connectivity index (χ4v) is 1.47. The highest BCUT2D eigenvalue weighted by Gasteiger charge is 2.25. The van der Waals surface area contributed by atoms with Crippen molar-refractivity contribution in [1.29, 1.82) is 0 Å². The van der Waals surface area contributed by atoms with Crippen molar-refractivity contribution in [3.8, 4) is 0 Å². The molecule has 0 saturated heterocycles. The van der Waals surface area contributed by atoms with Crippen LogP contribution in [0, 0.1) is 0 Å². The molecular formula is C12H18N2O2. The number of rotatable bonds is 2. The van der Waals surface area contributed by atoms with Crippen LogP contribution in [0.3, 0.4) is 0 Å². The van der Waals surface area contributed by atoms with Gasteiger partial charge in [-0.25, -0.2) is 4.79 Å². The molecule has 0 unspecified atom stereocenters. The SMILES string of the molecule is CC(C)(C)N(Cc1cccc(N)c1)C(=O)O. The van der Waals surface area contributed by atoms with Gasteiger partial charge in [0.1, 0.15) is 0 Å². The van der Waals surface area contributed by atoms with Crippen LogP contribution in [-0.2, 0) is 6.54 Å². The Labute approximate surface area is 95.7 Å². The molecule has 4 heteroatoms. The Morgan fingerprint density at radius 3 is 2.50 bits per heavy atom. The summed E-state index contributed by atoms with van der Waals surface area (Å²) >= 11 is 0. The minimum Gasteiger partial charge on any atom is -0.465 e. The van der Waals surface area contributed by atoms with E-state index in [0.29, 0.717) is 12.2 Å². The number of hydrogen-bond donors (Lipinski definition) is 2. The number of nitrogens with zero attached hydrogens (tertiary/aromatic N) is 1. The van der Waals surface area contributed by atoms with Crippen molar-refractivity contribution in [2.75, 3.05) is 5.73 Å². The topological polar surface area (TPSA) is 66.6 Å². The summed E-state index contributed by atoms with van der Waals surface area (Å²) in [6.07, 6.45) is -0.921. The zero-order valence-corrected chi connectivity index (χ0v) is 9.90. The molecule has 0 spiro atoms. The molecule has 0 fully saturated rings. The van der Waals surface area contributed by atoms with E-state index >= 15 is 0 Å². The maximum atomic E-state index is 11.1. The Hall–Kier alpha value is -1.71. The van der Waals surface area contributed by atoms with Crippen molar-refractivity contribution < 1.29 is 9.90 Å². The molecule has 1 rings (SSSR count). The van der Waals surface area contributed by atoms with Gasteiger partial charge in [0.2, 0.25) is 0 Å². The van der Waals surface area contributed by atoms with Crippen molar-refractivity contribution in [3.05, 3.63) is 29.8 Å². The van der Waals surface area contributed by atoms with Crippen LogP contribution in [0.1, 0.15) is 26.3 Å². The second-order valence-electron chi connectivity index (χ2n) is 4.78. The van der Waals surface area contributed by atoms with Gasteiger partial charge in [0.15, 0.2) is 0 Å². The summed E-state index contributed by atoms with van der Waals surface area (Å²) in [5, 5.41) is 9.13. The monoisotopic (exact) mass is 222 g/mol. The molecular weight excluding hydrogens is 204 g/mol. The van der Waals surface area contributed by atoms with Gasteiger partial charge in [0, 0.05) is 17.8 Å². The van der Waals surface area contributed by atoms with Gasteiger partial charge in [0.25, 0.3) is 0 Å². The van der Waals surface area contributed by atoms with Crippen LogP contribution in [0.2, 0.25) is 0 Å². The average Bonchev–Trinajstić information content (AvgIpc) is 2.12. The first kappa shape index (κ1) is 12.4. The standard InChI is InChI=1S/C12H18N2O2/c1-12(2,3)14(11(15)16)8-9-5-4-6-10(13)7-9/h4-7H,8,13H2,1-3H3,(H,15,16). The van der Waals surface area contributed by atoms with Crippen LogP contribution in [-0.4, -0.2) is 21.6 Å². The number of nitrogens with two attached hydrogens (primary N) is 1. The number of anilines is 1.